The molecule has 0 amide bonds. The van der Waals surface area contributed by atoms with Gasteiger partial charge in [0.05, 0.1) is 5.56 Å². The van der Waals surface area contributed by atoms with Gasteiger partial charge in [0.15, 0.2) is 18.1 Å². The number of halogens is 1. The van der Waals surface area contributed by atoms with Crippen LogP contribution in [0, 0.1) is 0 Å². The average molecular weight is 403 g/mol. The molecule has 0 radical (unpaired) electrons. The molecule has 3 aromatic rings. The fraction of sp³-hybridized carbons (Fsp3) is 0.118. The monoisotopic (exact) mass is 402 g/mol. The minimum Gasteiger partial charge on any atom is -0.454 e. The smallest absolute Gasteiger partial charge is 0.338 e. The molecule has 0 bridgehead atoms. The Bertz CT molecular complexity index is 923. The molecule has 1 aromatic heterocycles. The molecule has 7 nitrogen and oxygen atoms in total. The minimum absolute atomic E-state index is 0.114. The lowest BCUT2D eigenvalue weighted by Crippen LogP contribution is -2.05. The van der Waals surface area contributed by atoms with Crippen LogP contribution in [0.25, 0.3) is 11.4 Å². The standard InChI is InChI=1S/C17H11BrN2O5/c18-12-4-1-10(2-5-12)16-19-15(25-20-16)8-22-17(21)11-3-6-13-14(7-11)24-9-23-13/h1-7H,8-9H2. The van der Waals surface area contributed by atoms with Crippen LogP contribution in [0.2, 0.25) is 0 Å². The fourth-order valence-corrected chi connectivity index (χ4v) is 2.53. The number of rotatable bonds is 4. The molecule has 0 aliphatic carbocycles. The Balaban J connectivity index is 1.41. The van der Waals surface area contributed by atoms with Crippen LogP contribution in [0.3, 0.4) is 0 Å². The third-order valence-corrected chi connectivity index (χ3v) is 4.03. The Morgan fingerprint density at radius 1 is 1.12 bits per heavy atom. The van der Waals surface area contributed by atoms with Crippen molar-refractivity contribution in [3.8, 4) is 22.9 Å². The maximum Gasteiger partial charge on any atom is 0.338 e. The molecule has 2 aromatic carbocycles. The molecule has 1 aliphatic rings. The van der Waals surface area contributed by atoms with E-state index in [1.54, 1.807) is 18.2 Å². The van der Waals surface area contributed by atoms with Crippen LogP contribution in [0.15, 0.2) is 51.5 Å². The lowest BCUT2D eigenvalue weighted by atomic mass is 10.2. The molecule has 0 saturated carbocycles. The van der Waals surface area contributed by atoms with Crippen LogP contribution in [0.5, 0.6) is 11.5 Å². The molecule has 0 unspecified atom stereocenters. The van der Waals surface area contributed by atoms with E-state index in [0.29, 0.717) is 22.9 Å². The lowest BCUT2D eigenvalue weighted by Gasteiger charge is -2.03. The van der Waals surface area contributed by atoms with Crippen molar-refractivity contribution in [3.05, 3.63) is 58.4 Å². The third-order valence-electron chi connectivity index (χ3n) is 3.51. The summed E-state index contributed by atoms with van der Waals surface area (Å²) in [6.07, 6.45) is 0. The number of hydrogen-bond donors (Lipinski definition) is 0. The van der Waals surface area contributed by atoms with Crippen LogP contribution in [-0.4, -0.2) is 22.9 Å². The van der Waals surface area contributed by atoms with Gasteiger partial charge >= 0.3 is 5.97 Å². The number of ether oxygens (including phenoxy) is 3. The Morgan fingerprint density at radius 2 is 1.92 bits per heavy atom. The summed E-state index contributed by atoms with van der Waals surface area (Å²) in [4.78, 5) is 16.3. The molecule has 25 heavy (non-hydrogen) atoms. The number of esters is 1. The predicted molar refractivity (Wildman–Crippen MR) is 89.1 cm³/mol. The highest BCUT2D eigenvalue weighted by molar-refractivity contribution is 9.10. The number of carbonyl (C=O) groups is 1. The third kappa shape index (κ3) is 3.34. The number of hydrogen-bond acceptors (Lipinski definition) is 7. The maximum atomic E-state index is 12.1. The molecule has 8 heteroatoms. The largest absolute Gasteiger partial charge is 0.454 e. The molecule has 0 spiro atoms. The number of fused-ring (bicyclic) bond motifs is 1. The number of nitrogens with zero attached hydrogens (tertiary/aromatic N) is 2. The zero-order chi connectivity index (χ0) is 17.2. The fourth-order valence-electron chi connectivity index (χ4n) is 2.26. The van der Waals surface area contributed by atoms with Gasteiger partial charge in [-0.15, -0.1) is 0 Å². The summed E-state index contributed by atoms with van der Waals surface area (Å²) in [6, 6.07) is 12.3. The number of benzene rings is 2. The molecule has 126 valence electrons. The van der Waals surface area contributed by atoms with E-state index in [0.717, 1.165) is 10.0 Å². The lowest BCUT2D eigenvalue weighted by molar-refractivity contribution is 0.0429. The summed E-state index contributed by atoms with van der Waals surface area (Å²) in [7, 11) is 0. The highest BCUT2D eigenvalue weighted by atomic mass is 79.9. The van der Waals surface area contributed by atoms with E-state index in [9.17, 15) is 4.79 Å². The van der Waals surface area contributed by atoms with E-state index >= 15 is 0 Å². The summed E-state index contributed by atoms with van der Waals surface area (Å²) in [6.45, 7) is 0.0332. The highest BCUT2D eigenvalue weighted by Gasteiger charge is 2.18. The van der Waals surface area contributed by atoms with Crippen molar-refractivity contribution in [2.24, 2.45) is 0 Å². The number of aromatic nitrogens is 2. The highest BCUT2D eigenvalue weighted by Crippen LogP contribution is 2.32. The Labute approximate surface area is 150 Å². The van der Waals surface area contributed by atoms with E-state index in [1.807, 2.05) is 24.3 Å². The average Bonchev–Trinajstić information content (AvgIpc) is 3.29. The van der Waals surface area contributed by atoms with Crippen LogP contribution in [0.4, 0.5) is 0 Å². The van der Waals surface area contributed by atoms with Crippen molar-refractivity contribution in [2.45, 2.75) is 6.61 Å². The van der Waals surface area contributed by atoms with Gasteiger partial charge in [0, 0.05) is 10.0 Å². The van der Waals surface area contributed by atoms with Gasteiger partial charge in [-0.3, -0.25) is 0 Å². The van der Waals surface area contributed by atoms with Crippen LogP contribution < -0.4 is 9.47 Å². The minimum atomic E-state index is -0.512. The van der Waals surface area contributed by atoms with E-state index in [4.69, 9.17) is 18.7 Å². The molecular weight excluding hydrogens is 392 g/mol. The van der Waals surface area contributed by atoms with Gasteiger partial charge in [-0.05, 0) is 42.5 Å². The van der Waals surface area contributed by atoms with Crippen molar-refractivity contribution < 1.29 is 23.5 Å². The normalized spacial score (nSPS) is 12.2. The maximum absolute atomic E-state index is 12.1. The molecular formula is C17H11BrN2O5. The second-order valence-corrected chi connectivity index (χ2v) is 6.08. The van der Waals surface area contributed by atoms with E-state index in [1.165, 1.54) is 0 Å². The Hall–Kier alpha value is -2.87. The Kier molecular flexibility index (Phi) is 4.10. The SMILES string of the molecule is O=C(OCc1nc(-c2ccc(Br)cc2)no1)c1ccc2c(c1)OCO2. The summed E-state index contributed by atoms with van der Waals surface area (Å²) < 4.78 is 21.7. The van der Waals surface area contributed by atoms with Crippen LogP contribution >= 0.6 is 15.9 Å². The number of carbonyl (C=O) groups excluding carboxylic acids is 1. The van der Waals surface area contributed by atoms with Crippen molar-refractivity contribution >= 4 is 21.9 Å². The second-order valence-electron chi connectivity index (χ2n) is 5.16. The quantitative estimate of drug-likeness (QED) is 0.616. The van der Waals surface area contributed by atoms with Gasteiger partial charge in [0.25, 0.3) is 5.89 Å². The second kappa shape index (κ2) is 6.56. The first-order valence-corrected chi connectivity index (χ1v) is 8.13. The zero-order valence-electron chi connectivity index (χ0n) is 12.8. The summed E-state index contributed by atoms with van der Waals surface area (Å²) in [5.41, 5.74) is 1.16. The van der Waals surface area contributed by atoms with Gasteiger partial charge in [-0.25, -0.2) is 4.79 Å². The zero-order valence-corrected chi connectivity index (χ0v) is 14.4. The van der Waals surface area contributed by atoms with Gasteiger partial charge in [-0.2, -0.15) is 4.98 Å². The molecule has 0 fully saturated rings. The van der Waals surface area contributed by atoms with Gasteiger partial charge in [0.2, 0.25) is 12.6 Å². The molecule has 0 atom stereocenters. The van der Waals surface area contributed by atoms with Crippen LogP contribution in [-0.2, 0) is 11.3 Å². The predicted octanol–water partition coefficient (Wildman–Crippen LogP) is 3.58. The van der Waals surface area contributed by atoms with Gasteiger partial charge in [0.1, 0.15) is 0 Å². The van der Waals surface area contributed by atoms with Gasteiger partial charge in [-0.1, -0.05) is 21.1 Å². The molecule has 0 saturated heterocycles. The van der Waals surface area contributed by atoms with Crippen molar-refractivity contribution in [1.82, 2.24) is 10.1 Å². The van der Waals surface area contributed by atoms with Crippen LogP contribution in [0.1, 0.15) is 16.2 Å². The van der Waals surface area contributed by atoms with E-state index in [-0.39, 0.29) is 19.3 Å². The molecule has 2 heterocycles. The van der Waals surface area contributed by atoms with Crippen molar-refractivity contribution in [2.75, 3.05) is 6.79 Å². The summed E-state index contributed by atoms with van der Waals surface area (Å²) in [5, 5.41) is 3.88. The molecule has 0 N–H and O–H groups in total. The van der Waals surface area contributed by atoms with Crippen molar-refractivity contribution in [1.29, 1.82) is 0 Å². The molecule has 4 rings (SSSR count). The Morgan fingerprint density at radius 3 is 2.76 bits per heavy atom. The van der Waals surface area contributed by atoms with E-state index in [2.05, 4.69) is 26.1 Å². The topological polar surface area (TPSA) is 83.7 Å². The summed E-state index contributed by atoms with van der Waals surface area (Å²) in [5.74, 6) is 1.26. The summed E-state index contributed by atoms with van der Waals surface area (Å²) >= 11 is 3.37. The first-order valence-electron chi connectivity index (χ1n) is 7.34. The first kappa shape index (κ1) is 15.6. The first-order chi connectivity index (χ1) is 12.2. The molecule has 1 aliphatic heterocycles. The van der Waals surface area contributed by atoms with Gasteiger partial charge < -0.3 is 18.7 Å². The van der Waals surface area contributed by atoms with E-state index < -0.39 is 5.97 Å². The van der Waals surface area contributed by atoms with Crippen molar-refractivity contribution in [3.63, 3.8) is 0 Å².